The Hall–Kier alpha value is -2.42. The van der Waals surface area contributed by atoms with Crippen molar-refractivity contribution >= 4 is 17.2 Å². The molecule has 1 saturated heterocycles. The van der Waals surface area contributed by atoms with E-state index in [2.05, 4.69) is 9.88 Å². The molecule has 1 fully saturated rings. The topological polar surface area (TPSA) is 114 Å². The lowest BCUT2D eigenvalue weighted by atomic mass is 9.91. The quantitative estimate of drug-likeness (QED) is 0.540. The standard InChI is InChI=1S/C17H24N6O2/c1-21-9-7-17(25,8-10-21)11-22-12-20-15(14(18)16(22)24)23(19)13-5-3-2-4-6-13/h2-6,12,25H,7-11,18-19H2,1H3. The molecule has 8 heteroatoms. The number of likely N-dealkylation sites (tertiary alicyclic amines) is 1. The maximum Gasteiger partial charge on any atom is 0.278 e. The van der Waals surface area contributed by atoms with Gasteiger partial charge in [0.1, 0.15) is 12.0 Å². The van der Waals surface area contributed by atoms with Crippen molar-refractivity contribution in [3.05, 3.63) is 47.0 Å². The first-order chi connectivity index (χ1) is 11.9. The minimum Gasteiger partial charge on any atom is -0.391 e. The number of nitrogen functional groups attached to an aromatic ring is 1. The van der Waals surface area contributed by atoms with Crippen molar-refractivity contribution in [2.45, 2.75) is 25.0 Å². The number of rotatable bonds is 4. The predicted molar refractivity (Wildman–Crippen MR) is 97.4 cm³/mol. The second-order valence-corrected chi connectivity index (χ2v) is 6.65. The maximum absolute atomic E-state index is 12.6. The lowest BCUT2D eigenvalue weighted by molar-refractivity contribution is -0.0299. The summed E-state index contributed by atoms with van der Waals surface area (Å²) in [6, 6.07) is 9.14. The molecule has 8 nitrogen and oxygen atoms in total. The molecule has 0 atom stereocenters. The van der Waals surface area contributed by atoms with Crippen LogP contribution in [0.25, 0.3) is 0 Å². The Morgan fingerprint density at radius 2 is 1.92 bits per heavy atom. The van der Waals surface area contributed by atoms with E-state index in [0.717, 1.165) is 13.1 Å². The van der Waals surface area contributed by atoms with Gasteiger partial charge in [0.25, 0.3) is 5.56 Å². The summed E-state index contributed by atoms with van der Waals surface area (Å²) < 4.78 is 1.36. The zero-order valence-electron chi connectivity index (χ0n) is 14.3. The number of piperidine rings is 1. The smallest absolute Gasteiger partial charge is 0.278 e. The van der Waals surface area contributed by atoms with E-state index >= 15 is 0 Å². The van der Waals surface area contributed by atoms with E-state index in [-0.39, 0.29) is 18.1 Å². The molecule has 0 bridgehead atoms. The highest BCUT2D eigenvalue weighted by Crippen LogP contribution is 2.25. The molecule has 2 aromatic rings. The van der Waals surface area contributed by atoms with Crippen LogP contribution < -0.4 is 22.1 Å². The SMILES string of the molecule is CN1CCC(O)(Cn2cnc(N(N)c3ccccc3)c(N)c2=O)CC1. The van der Waals surface area contributed by atoms with Crippen LogP contribution >= 0.6 is 0 Å². The number of aromatic nitrogens is 2. The van der Waals surface area contributed by atoms with Gasteiger partial charge in [-0.25, -0.2) is 10.8 Å². The number of hydrazine groups is 1. The van der Waals surface area contributed by atoms with Gasteiger partial charge in [0.2, 0.25) is 0 Å². The molecule has 1 aliphatic rings. The highest BCUT2D eigenvalue weighted by atomic mass is 16.3. The Kier molecular flexibility index (Phi) is 4.76. The third-order valence-electron chi connectivity index (χ3n) is 4.70. The zero-order valence-corrected chi connectivity index (χ0v) is 14.3. The van der Waals surface area contributed by atoms with Gasteiger partial charge in [0.15, 0.2) is 5.82 Å². The third-order valence-corrected chi connectivity index (χ3v) is 4.70. The summed E-state index contributed by atoms with van der Waals surface area (Å²) in [6.45, 7) is 1.75. The molecular formula is C17H24N6O2. The van der Waals surface area contributed by atoms with Gasteiger partial charge in [-0.3, -0.25) is 14.4 Å². The molecule has 2 heterocycles. The van der Waals surface area contributed by atoms with Crippen molar-refractivity contribution in [3.8, 4) is 0 Å². The van der Waals surface area contributed by atoms with Crippen LogP contribution in [0.5, 0.6) is 0 Å². The first-order valence-corrected chi connectivity index (χ1v) is 8.25. The Labute approximate surface area is 146 Å². The lowest BCUT2D eigenvalue weighted by Gasteiger charge is -2.36. The summed E-state index contributed by atoms with van der Waals surface area (Å²) in [7, 11) is 2.01. The van der Waals surface area contributed by atoms with E-state index in [1.165, 1.54) is 15.9 Å². The second kappa shape index (κ2) is 6.83. The maximum atomic E-state index is 12.6. The molecule has 3 rings (SSSR count). The molecule has 5 N–H and O–H groups in total. The average Bonchev–Trinajstić information content (AvgIpc) is 2.62. The van der Waals surface area contributed by atoms with Crippen molar-refractivity contribution < 1.29 is 5.11 Å². The van der Waals surface area contributed by atoms with Crippen molar-refractivity contribution in [2.75, 3.05) is 30.9 Å². The van der Waals surface area contributed by atoms with Crippen molar-refractivity contribution in [3.63, 3.8) is 0 Å². The molecule has 0 amide bonds. The monoisotopic (exact) mass is 344 g/mol. The minimum atomic E-state index is -0.923. The van der Waals surface area contributed by atoms with Gasteiger partial charge in [-0.15, -0.1) is 0 Å². The van der Waals surface area contributed by atoms with Crippen LogP contribution in [0, 0.1) is 0 Å². The van der Waals surface area contributed by atoms with E-state index in [4.69, 9.17) is 11.6 Å². The van der Waals surface area contributed by atoms with Gasteiger partial charge in [-0.05, 0) is 32.0 Å². The number of benzene rings is 1. The van der Waals surface area contributed by atoms with Crippen LogP contribution in [0.15, 0.2) is 41.5 Å². The Morgan fingerprint density at radius 3 is 2.56 bits per heavy atom. The van der Waals surface area contributed by atoms with Gasteiger partial charge in [0.05, 0.1) is 17.8 Å². The van der Waals surface area contributed by atoms with Crippen molar-refractivity contribution in [1.29, 1.82) is 0 Å². The number of hydrogen-bond acceptors (Lipinski definition) is 7. The second-order valence-electron chi connectivity index (χ2n) is 6.65. The largest absolute Gasteiger partial charge is 0.391 e. The van der Waals surface area contributed by atoms with E-state index in [0.29, 0.717) is 18.5 Å². The summed E-state index contributed by atoms with van der Waals surface area (Å²) in [5.41, 5.74) is 5.30. The molecule has 134 valence electrons. The minimum absolute atomic E-state index is 0.0367. The fraction of sp³-hybridized carbons (Fsp3) is 0.412. The van der Waals surface area contributed by atoms with Crippen LogP contribution in [-0.2, 0) is 6.54 Å². The normalized spacial score (nSPS) is 17.4. The number of para-hydroxylation sites is 1. The van der Waals surface area contributed by atoms with Gasteiger partial charge >= 0.3 is 0 Å². The molecule has 1 aromatic heterocycles. The van der Waals surface area contributed by atoms with Crippen molar-refractivity contribution in [1.82, 2.24) is 14.5 Å². The summed E-state index contributed by atoms with van der Waals surface area (Å²) in [4.78, 5) is 19.0. The average molecular weight is 344 g/mol. The first kappa shape index (κ1) is 17.4. The number of nitrogens with zero attached hydrogens (tertiary/aromatic N) is 4. The number of nitrogens with two attached hydrogens (primary N) is 2. The summed E-state index contributed by atoms with van der Waals surface area (Å²) in [5.74, 6) is 6.25. The summed E-state index contributed by atoms with van der Waals surface area (Å²) in [6.07, 6.45) is 2.60. The van der Waals surface area contributed by atoms with Crippen molar-refractivity contribution in [2.24, 2.45) is 5.84 Å². The molecule has 0 radical (unpaired) electrons. The Morgan fingerprint density at radius 1 is 1.28 bits per heavy atom. The molecule has 1 aliphatic heterocycles. The fourth-order valence-corrected chi connectivity index (χ4v) is 3.02. The van der Waals surface area contributed by atoms with E-state index < -0.39 is 11.2 Å². The van der Waals surface area contributed by atoms with E-state index in [9.17, 15) is 9.90 Å². The van der Waals surface area contributed by atoms with E-state index in [1.54, 1.807) is 12.1 Å². The molecule has 0 saturated carbocycles. The van der Waals surface area contributed by atoms with Gasteiger partial charge in [-0.2, -0.15) is 0 Å². The van der Waals surface area contributed by atoms with Gasteiger partial charge in [-0.1, -0.05) is 18.2 Å². The molecule has 25 heavy (non-hydrogen) atoms. The van der Waals surface area contributed by atoms with Crippen LogP contribution in [0.4, 0.5) is 17.2 Å². The first-order valence-electron chi connectivity index (χ1n) is 8.25. The Balaban J connectivity index is 1.85. The highest BCUT2D eigenvalue weighted by Gasteiger charge is 2.32. The van der Waals surface area contributed by atoms with Gasteiger partial charge in [0, 0.05) is 13.1 Å². The van der Waals surface area contributed by atoms with Gasteiger partial charge < -0.3 is 15.7 Å². The third kappa shape index (κ3) is 3.65. The van der Waals surface area contributed by atoms with Crippen LogP contribution in [0.2, 0.25) is 0 Å². The molecular weight excluding hydrogens is 320 g/mol. The zero-order chi connectivity index (χ0) is 18.0. The summed E-state index contributed by atoms with van der Waals surface area (Å²) >= 11 is 0. The number of anilines is 3. The summed E-state index contributed by atoms with van der Waals surface area (Å²) in [5, 5.41) is 12.0. The lowest BCUT2D eigenvalue weighted by Crippen LogP contribution is -2.47. The molecule has 0 spiro atoms. The Bertz CT molecular complexity index is 783. The van der Waals surface area contributed by atoms with Crippen LogP contribution in [-0.4, -0.2) is 45.3 Å². The predicted octanol–water partition coefficient (Wildman–Crippen LogP) is 0.294. The highest BCUT2D eigenvalue weighted by molar-refractivity contribution is 5.68. The number of aliphatic hydroxyl groups is 1. The van der Waals surface area contributed by atoms with Crippen LogP contribution in [0.1, 0.15) is 12.8 Å². The van der Waals surface area contributed by atoms with Crippen LogP contribution in [0.3, 0.4) is 0 Å². The molecule has 1 aromatic carbocycles. The number of hydrogen-bond donors (Lipinski definition) is 3. The van der Waals surface area contributed by atoms with E-state index in [1.807, 2.05) is 25.2 Å². The molecule has 0 aliphatic carbocycles. The fourth-order valence-electron chi connectivity index (χ4n) is 3.02. The molecule has 0 unspecified atom stereocenters.